The summed E-state index contributed by atoms with van der Waals surface area (Å²) < 4.78 is 7.66. The van der Waals surface area contributed by atoms with E-state index in [9.17, 15) is 0 Å². The van der Waals surface area contributed by atoms with Gasteiger partial charge in [0, 0.05) is 50.5 Å². The Morgan fingerprint density at radius 1 is 1.06 bits per heavy atom. The predicted octanol–water partition coefficient (Wildman–Crippen LogP) is 3.27. The van der Waals surface area contributed by atoms with Gasteiger partial charge in [-0.2, -0.15) is 0 Å². The fraction of sp³-hybridized carbons (Fsp3) is 0.400. The molecule has 0 amide bonds. The van der Waals surface area contributed by atoms with Crippen LogP contribution in [0.4, 0.5) is 0 Å². The summed E-state index contributed by atoms with van der Waals surface area (Å²) in [6, 6.07) is 14.5. The zero-order chi connectivity index (χ0) is 22.6. The van der Waals surface area contributed by atoms with E-state index in [1.54, 1.807) is 0 Å². The van der Waals surface area contributed by atoms with Crippen LogP contribution in [0.2, 0.25) is 0 Å². The fourth-order valence-corrected chi connectivity index (χ4v) is 5.04. The van der Waals surface area contributed by atoms with Crippen LogP contribution in [-0.2, 0) is 4.74 Å². The number of aryl methyl sites for hydroxylation is 1. The van der Waals surface area contributed by atoms with Crippen LogP contribution in [-0.4, -0.2) is 68.8 Å². The Hall–Kier alpha value is -2.81. The second kappa shape index (κ2) is 9.99. The lowest BCUT2D eigenvalue weighted by atomic mass is 10.0. The van der Waals surface area contributed by atoms with Crippen LogP contribution < -0.4 is 5.32 Å². The van der Waals surface area contributed by atoms with E-state index in [2.05, 4.69) is 73.1 Å². The zero-order valence-electron chi connectivity index (χ0n) is 18.9. The molecule has 172 valence electrons. The van der Waals surface area contributed by atoms with Gasteiger partial charge in [0.25, 0.3) is 0 Å². The lowest BCUT2D eigenvalue weighted by molar-refractivity contribution is 0.0365. The molecule has 2 saturated heterocycles. The molecule has 33 heavy (non-hydrogen) atoms. The third-order valence-corrected chi connectivity index (χ3v) is 6.75. The second-order valence-electron chi connectivity index (χ2n) is 8.62. The molecule has 3 aromatic heterocycles. The normalized spacial score (nSPS) is 21.4. The molecule has 0 spiro atoms. The largest absolute Gasteiger partial charge is 0.379 e. The van der Waals surface area contributed by atoms with Crippen molar-refractivity contribution in [1.82, 2.24) is 29.7 Å². The monoisotopic (exact) mass is 462 g/mol. The highest BCUT2D eigenvalue weighted by Gasteiger charge is 2.41. The van der Waals surface area contributed by atoms with E-state index in [0.29, 0.717) is 0 Å². The van der Waals surface area contributed by atoms with Crippen molar-refractivity contribution in [1.29, 1.82) is 0 Å². The first-order valence-corrected chi connectivity index (χ1v) is 12.0. The highest BCUT2D eigenvalue weighted by molar-refractivity contribution is 7.80. The van der Waals surface area contributed by atoms with Crippen molar-refractivity contribution in [3.8, 4) is 5.82 Å². The molecule has 0 bridgehead atoms. The molecule has 0 radical (unpaired) electrons. The smallest absolute Gasteiger partial charge is 0.170 e. The first kappa shape index (κ1) is 22.0. The standard InChI is InChI=1S/C25H30N6OS/c1-19-8-9-22(27-18-19)30-12-4-7-21(30)24-23(20-6-2-3-10-26-20)28-25(33)31(24)13-5-11-29-14-16-32-17-15-29/h2-4,6-10,12,18,23-24H,5,11,13-17H2,1H3,(H,28,33)/t23-,24-/m0/s1. The minimum absolute atomic E-state index is 0.0233. The Morgan fingerprint density at radius 2 is 1.94 bits per heavy atom. The molecule has 2 aliphatic rings. The molecular formula is C25H30N6OS. The Kier molecular flexibility index (Phi) is 6.66. The van der Waals surface area contributed by atoms with Gasteiger partial charge in [0.05, 0.1) is 31.0 Å². The number of pyridine rings is 2. The van der Waals surface area contributed by atoms with Crippen molar-refractivity contribution in [2.75, 3.05) is 39.4 Å². The first-order chi connectivity index (χ1) is 16.2. The average molecular weight is 463 g/mol. The number of morpholine rings is 1. The molecule has 3 aromatic rings. The summed E-state index contributed by atoms with van der Waals surface area (Å²) >= 11 is 5.84. The number of nitrogens with one attached hydrogen (secondary N) is 1. The summed E-state index contributed by atoms with van der Waals surface area (Å²) in [4.78, 5) is 14.1. The van der Waals surface area contributed by atoms with Gasteiger partial charge in [0.2, 0.25) is 0 Å². The van der Waals surface area contributed by atoms with Gasteiger partial charge in [-0.3, -0.25) is 9.88 Å². The Labute approximate surface area is 200 Å². The maximum atomic E-state index is 5.84. The third-order valence-electron chi connectivity index (χ3n) is 6.40. The first-order valence-electron chi connectivity index (χ1n) is 11.6. The van der Waals surface area contributed by atoms with Gasteiger partial charge in [-0.1, -0.05) is 12.1 Å². The van der Waals surface area contributed by atoms with Gasteiger partial charge < -0.3 is 19.5 Å². The predicted molar refractivity (Wildman–Crippen MR) is 132 cm³/mol. The SMILES string of the molecule is Cc1ccc(-n2cccc2[C@H]2[C@H](c3ccccn3)NC(=S)N2CCCN2CCOCC2)nc1. The molecular weight excluding hydrogens is 432 g/mol. The number of thiocarbonyl (C=S) groups is 1. The molecule has 7 nitrogen and oxygen atoms in total. The van der Waals surface area contributed by atoms with Crippen LogP contribution in [0, 0.1) is 6.92 Å². The molecule has 5 rings (SSSR count). The number of hydrogen-bond acceptors (Lipinski definition) is 5. The maximum absolute atomic E-state index is 5.84. The van der Waals surface area contributed by atoms with E-state index in [1.165, 1.54) is 0 Å². The Morgan fingerprint density at radius 3 is 2.70 bits per heavy atom. The molecule has 0 aromatic carbocycles. The van der Waals surface area contributed by atoms with Gasteiger partial charge in [-0.15, -0.1) is 0 Å². The van der Waals surface area contributed by atoms with E-state index in [4.69, 9.17) is 17.0 Å². The third kappa shape index (κ3) is 4.78. The summed E-state index contributed by atoms with van der Waals surface area (Å²) in [5.74, 6) is 0.909. The van der Waals surface area contributed by atoms with Crippen LogP contribution in [0.15, 0.2) is 61.1 Å². The lowest BCUT2D eigenvalue weighted by Gasteiger charge is -2.30. The van der Waals surface area contributed by atoms with Crippen molar-refractivity contribution in [3.63, 3.8) is 0 Å². The summed E-state index contributed by atoms with van der Waals surface area (Å²) in [7, 11) is 0. The van der Waals surface area contributed by atoms with E-state index in [0.717, 1.165) is 73.7 Å². The van der Waals surface area contributed by atoms with E-state index < -0.39 is 0 Å². The second-order valence-corrected chi connectivity index (χ2v) is 9.01. The number of rotatable bonds is 7. The van der Waals surface area contributed by atoms with Gasteiger partial charge in [-0.05, 0) is 61.5 Å². The Balaban J connectivity index is 1.44. The van der Waals surface area contributed by atoms with Crippen molar-refractivity contribution in [2.24, 2.45) is 0 Å². The molecule has 5 heterocycles. The number of ether oxygens (including phenoxy) is 1. The summed E-state index contributed by atoms with van der Waals surface area (Å²) in [6.45, 7) is 7.64. The van der Waals surface area contributed by atoms with E-state index in [-0.39, 0.29) is 12.1 Å². The van der Waals surface area contributed by atoms with Crippen LogP contribution in [0.1, 0.15) is 35.5 Å². The van der Waals surface area contributed by atoms with Crippen LogP contribution in [0.5, 0.6) is 0 Å². The van der Waals surface area contributed by atoms with Gasteiger partial charge in [0.15, 0.2) is 5.11 Å². The van der Waals surface area contributed by atoms with Crippen LogP contribution in [0.3, 0.4) is 0 Å². The quantitative estimate of drug-likeness (QED) is 0.541. The van der Waals surface area contributed by atoms with Gasteiger partial charge >= 0.3 is 0 Å². The molecule has 0 unspecified atom stereocenters. The van der Waals surface area contributed by atoms with Crippen molar-refractivity contribution < 1.29 is 4.74 Å². The molecule has 2 aliphatic heterocycles. The van der Waals surface area contributed by atoms with Gasteiger partial charge in [0.1, 0.15) is 5.82 Å². The molecule has 2 atom stereocenters. The fourth-order valence-electron chi connectivity index (χ4n) is 4.70. The average Bonchev–Trinajstić information content (AvgIpc) is 3.45. The van der Waals surface area contributed by atoms with Crippen molar-refractivity contribution >= 4 is 17.3 Å². The number of hydrogen-bond donors (Lipinski definition) is 1. The minimum atomic E-state index is -0.0267. The zero-order valence-corrected chi connectivity index (χ0v) is 19.7. The highest BCUT2D eigenvalue weighted by Crippen LogP contribution is 2.39. The highest BCUT2D eigenvalue weighted by atomic mass is 32.1. The number of nitrogens with zero attached hydrogens (tertiary/aromatic N) is 5. The van der Waals surface area contributed by atoms with Crippen LogP contribution in [0.25, 0.3) is 5.82 Å². The summed E-state index contributed by atoms with van der Waals surface area (Å²) in [5.41, 5.74) is 3.29. The number of aromatic nitrogens is 3. The molecule has 8 heteroatoms. The molecule has 2 fully saturated rings. The Bertz CT molecular complexity index is 1060. The van der Waals surface area contributed by atoms with Gasteiger partial charge in [-0.25, -0.2) is 4.98 Å². The van der Waals surface area contributed by atoms with Crippen LogP contribution >= 0.6 is 12.2 Å². The van der Waals surface area contributed by atoms with Crippen molar-refractivity contribution in [3.05, 3.63) is 78.0 Å². The topological polar surface area (TPSA) is 58.5 Å². The lowest BCUT2D eigenvalue weighted by Crippen LogP contribution is -2.39. The van der Waals surface area contributed by atoms with E-state index in [1.807, 2.05) is 24.5 Å². The minimum Gasteiger partial charge on any atom is -0.379 e. The van der Waals surface area contributed by atoms with Crippen molar-refractivity contribution in [2.45, 2.75) is 25.4 Å². The maximum Gasteiger partial charge on any atom is 0.170 e. The molecule has 0 aliphatic carbocycles. The van der Waals surface area contributed by atoms with E-state index >= 15 is 0 Å². The molecule has 1 N–H and O–H groups in total. The summed E-state index contributed by atoms with van der Waals surface area (Å²) in [5, 5.41) is 4.34. The molecule has 0 saturated carbocycles. The summed E-state index contributed by atoms with van der Waals surface area (Å²) in [6.07, 6.45) is 6.87.